The molecule has 36 heavy (non-hydrogen) atoms. The summed E-state index contributed by atoms with van der Waals surface area (Å²) in [5.41, 5.74) is 0.374. The molecule has 2 aromatic rings. The summed E-state index contributed by atoms with van der Waals surface area (Å²) in [6.45, 7) is 3.68. The number of nitrogens with zero attached hydrogens (tertiary/aromatic N) is 2. The summed E-state index contributed by atoms with van der Waals surface area (Å²) in [6.07, 6.45) is 4.78. The van der Waals surface area contributed by atoms with Crippen LogP contribution in [0.1, 0.15) is 80.1 Å². The van der Waals surface area contributed by atoms with Gasteiger partial charge >= 0.3 is 0 Å². The second-order valence-electron chi connectivity index (χ2n) is 10.6. The van der Waals surface area contributed by atoms with Crippen LogP contribution in [0.5, 0.6) is 0 Å². The van der Waals surface area contributed by atoms with E-state index >= 15 is 0 Å². The molecule has 11 heteroatoms. The molecule has 0 spiro atoms. The van der Waals surface area contributed by atoms with Gasteiger partial charge in [-0.3, -0.25) is 9.59 Å². The second-order valence-corrected chi connectivity index (χ2v) is 12.7. The summed E-state index contributed by atoms with van der Waals surface area (Å²) in [4.78, 5) is 24.7. The summed E-state index contributed by atoms with van der Waals surface area (Å²) in [6, 6.07) is 7.90. The lowest BCUT2D eigenvalue weighted by Gasteiger charge is -2.38. The van der Waals surface area contributed by atoms with Crippen molar-refractivity contribution < 1.29 is 22.5 Å². The maximum absolute atomic E-state index is 13.6. The minimum atomic E-state index is -3.71. The van der Waals surface area contributed by atoms with E-state index in [0.29, 0.717) is 18.8 Å². The molecule has 1 aromatic carbocycles. The van der Waals surface area contributed by atoms with E-state index in [0.717, 1.165) is 37.0 Å². The quantitative estimate of drug-likeness (QED) is 0.501. The van der Waals surface area contributed by atoms with Crippen molar-refractivity contribution in [2.45, 2.75) is 86.9 Å². The van der Waals surface area contributed by atoms with Crippen LogP contribution in [-0.4, -0.2) is 53.7 Å². The van der Waals surface area contributed by atoms with Crippen molar-refractivity contribution in [2.75, 3.05) is 5.88 Å². The Bertz CT molecular complexity index is 1240. The van der Waals surface area contributed by atoms with Gasteiger partial charge in [-0.05, 0) is 70.1 Å². The van der Waals surface area contributed by atoms with Gasteiger partial charge in [-0.2, -0.15) is 4.31 Å². The van der Waals surface area contributed by atoms with Crippen molar-refractivity contribution >= 4 is 33.4 Å². The standard InChI is InChI=1S/C25H31ClN4O5S/c1-25(2,28-23(31)14-26)16-5-9-20(10-6-16)36(33,34)30-18-7-8-19(30)12-17(11-18)27-24(32)21-13-22(35-29-21)15-3-4-15/h5-6,9-10,13,15,17-19H,3-4,7-8,11-12,14H2,1-2H3,(H,27,32)(H,28,31)/t17-,18+,19-. The number of rotatable bonds is 8. The van der Waals surface area contributed by atoms with Gasteiger partial charge in [0.15, 0.2) is 5.69 Å². The first-order valence-corrected chi connectivity index (χ1v) is 14.3. The lowest BCUT2D eigenvalue weighted by atomic mass is 9.94. The van der Waals surface area contributed by atoms with Crippen molar-refractivity contribution in [3.63, 3.8) is 0 Å². The Morgan fingerprint density at radius 2 is 1.75 bits per heavy atom. The number of hydrogen-bond donors (Lipinski definition) is 2. The largest absolute Gasteiger partial charge is 0.360 e. The van der Waals surface area contributed by atoms with Crippen LogP contribution in [0.2, 0.25) is 0 Å². The summed E-state index contributed by atoms with van der Waals surface area (Å²) >= 11 is 5.61. The van der Waals surface area contributed by atoms with Crippen LogP contribution in [0.25, 0.3) is 0 Å². The lowest BCUT2D eigenvalue weighted by molar-refractivity contribution is -0.120. The number of halogens is 1. The van der Waals surface area contributed by atoms with Gasteiger partial charge in [-0.25, -0.2) is 8.42 Å². The van der Waals surface area contributed by atoms with E-state index in [9.17, 15) is 18.0 Å². The number of carbonyl (C=O) groups is 2. The highest BCUT2D eigenvalue weighted by molar-refractivity contribution is 7.89. The van der Waals surface area contributed by atoms with Crippen molar-refractivity contribution in [1.29, 1.82) is 0 Å². The average Bonchev–Trinajstić information content (AvgIpc) is 3.50. The van der Waals surface area contributed by atoms with E-state index in [1.807, 2.05) is 13.8 Å². The number of carbonyl (C=O) groups excluding carboxylic acids is 2. The van der Waals surface area contributed by atoms with Crippen LogP contribution >= 0.6 is 11.6 Å². The topological polar surface area (TPSA) is 122 Å². The Labute approximate surface area is 216 Å². The SMILES string of the molecule is CC(C)(NC(=O)CCl)c1ccc(S(=O)(=O)N2[C@@H]3CC[C@H]2C[C@@H](NC(=O)c2cc(C4CC4)on2)C3)cc1. The number of sulfonamides is 1. The Kier molecular flexibility index (Phi) is 6.63. The Hall–Kier alpha value is -2.43. The molecule has 194 valence electrons. The average molecular weight is 535 g/mol. The van der Waals surface area contributed by atoms with Gasteiger partial charge < -0.3 is 15.2 Å². The third kappa shape index (κ3) is 4.90. The molecule has 3 heterocycles. The lowest BCUT2D eigenvalue weighted by Crippen LogP contribution is -2.52. The molecule has 1 saturated carbocycles. The van der Waals surface area contributed by atoms with E-state index in [1.54, 1.807) is 34.6 Å². The Balaban J connectivity index is 1.25. The maximum atomic E-state index is 13.6. The molecule has 2 N–H and O–H groups in total. The van der Waals surface area contributed by atoms with E-state index in [1.165, 1.54) is 0 Å². The highest BCUT2D eigenvalue weighted by Crippen LogP contribution is 2.41. The molecule has 3 fully saturated rings. The molecule has 9 nitrogen and oxygen atoms in total. The predicted molar refractivity (Wildman–Crippen MR) is 133 cm³/mol. The minimum absolute atomic E-state index is 0.115. The third-order valence-electron chi connectivity index (χ3n) is 7.47. The van der Waals surface area contributed by atoms with Gasteiger partial charge in [-0.15, -0.1) is 11.6 Å². The number of alkyl halides is 1. The van der Waals surface area contributed by atoms with Crippen LogP contribution in [0.3, 0.4) is 0 Å². The number of piperidine rings is 1. The fourth-order valence-electron chi connectivity index (χ4n) is 5.48. The third-order valence-corrected chi connectivity index (χ3v) is 9.73. The molecule has 2 amide bonds. The summed E-state index contributed by atoms with van der Waals surface area (Å²) in [7, 11) is -3.71. The maximum Gasteiger partial charge on any atom is 0.273 e. The zero-order chi connectivity index (χ0) is 25.7. The summed E-state index contributed by atoms with van der Waals surface area (Å²) in [5, 5.41) is 9.78. The molecule has 0 radical (unpaired) electrons. The first kappa shape index (κ1) is 25.2. The highest BCUT2D eigenvalue weighted by Gasteiger charge is 2.47. The second kappa shape index (κ2) is 9.46. The van der Waals surface area contributed by atoms with Gasteiger partial charge in [0.05, 0.1) is 10.4 Å². The number of nitrogens with one attached hydrogen (secondary N) is 2. The van der Waals surface area contributed by atoms with Crippen LogP contribution in [0.4, 0.5) is 0 Å². The van der Waals surface area contributed by atoms with Crippen molar-refractivity contribution in [3.05, 3.63) is 47.3 Å². The Morgan fingerprint density at radius 1 is 1.11 bits per heavy atom. The molecule has 2 saturated heterocycles. The zero-order valence-corrected chi connectivity index (χ0v) is 21.9. The fraction of sp³-hybridized carbons (Fsp3) is 0.560. The monoisotopic (exact) mass is 534 g/mol. The zero-order valence-electron chi connectivity index (χ0n) is 20.4. The molecule has 3 aliphatic rings. The molecular formula is C25H31ClN4O5S. The molecule has 3 atom stereocenters. The number of benzene rings is 1. The highest BCUT2D eigenvalue weighted by atomic mass is 35.5. The van der Waals surface area contributed by atoms with E-state index in [4.69, 9.17) is 16.1 Å². The number of hydrogen-bond acceptors (Lipinski definition) is 6. The van der Waals surface area contributed by atoms with Crippen LogP contribution in [0, 0.1) is 0 Å². The van der Waals surface area contributed by atoms with Gasteiger partial charge in [0.2, 0.25) is 15.9 Å². The summed E-state index contributed by atoms with van der Waals surface area (Å²) < 4.78 is 34.1. The van der Waals surface area contributed by atoms with E-state index in [-0.39, 0.29) is 46.4 Å². The van der Waals surface area contributed by atoms with E-state index in [2.05, 4.69) is 15.8 Å². The fourth-order valence-corrected chi connectivity index (χ4v) is 7.44. The van der Waals surface area contributed by atoms with Crippen molar-refractivity contribution in [1.82, 2.24) is 20.1 Å². The van der Waals surface area contributed by atoms with Gasteiger partial charge in [0, 0.05) is 30.1 Å². The van der Waals surface area contributed by atoms with Gasteiger partial charge in [0.25, 0.3) is 5.91 Å². The first-order chi connectivity index (χ1) is 17.1. The van der Waals surface area contributed by atoms with E-state index < -0.39 is 15.6 Å². The van der Waals surface area contributed by atoms with Crippen molar-refractivity contribution in [2.24, 2.45) is 0 Å². The molecule has 1 aromatic heterocycles. The molecule has 1 aliphatic carbocycles. The van der Waals surface area contributed by atoms with Crippen LogP contribution < -0.4 is 10.6 Å². The Morgan fingerprint density at radius 3 is 2.33 bits per heavy atom. The molecular weight excluding hydrogens is 504 g/mol. The van der Waals surface area contributed by atoms with Crippen LogP contribution in [0.15, 0.2) is 39.8 Å². The van der Waals surface area contributed by atoms with Gasteiger partial charge in [0.1, 0.15) is 11.6 Å². The van der Waals surface area contributed by atoms with Crippen molar-refractivity contribution in [3.8, 4) is 0 Å². The first-order valence-electron chi connectivity index (χ1n) is 12.4. The number of amides is 2. The number of aromatic nitrogens is 1. The van der Waals surface area contributed by atoms with Gasteiger partial charge in [-0.1, -0.05) is 17.3 Å². The summed E-state index contributed by atoms with van der Waals surface area (Å²) in [5.74, 6) is 0.433. The smallest absolute Gasteiger partial charge is 0.273 e. The van der Waals surface area contributed by atoms with Crippen LogP contribution in [-0.2, 0) is 20.4 Å². The number of fused-ring (bicyclic) bond motifs is 2. The predicted octanol–water partition coefficient (Wildman–Crippen LogP) is 3.26. The molecule has 2 aliphatic heterocycles. The molecule has 2 bridgehead atoms. The molecule has 5 rings (SSSR count). The molecule has 0 unspecified atom stereocenters. The minimum Gasteiger partial charge on any atom is -0.360 e. The normalized spacial score (nSPS) is 24.5.